The van der Waals surface area contributed by atoms with Crippen LogP contribution in [0.4, 0.5) is 10.5 Å². The van der Waals surface area contributed by atoms with Crippen LogP contribution in [0.15, 0.2) is 24.3 Å². The number of urea groups is 1. The molecule has 0 bridgehead atoms. The fraction of sp³-hybridized carbons (Fsp3) is 0.500. The molecule has 0 aliphatic rings. The average Bonchev–Trinajstić information content (AvgIpc) is 2.39. The van der Waals surface area contributed by atoms with Crippen molar-refractivity contribution in [1.82, 2.24) is 4.90 Å². The molecule has 0 aliphatic heterocycles. The van der Waals surface area contributed by atoms with Gasteiger partial charge in [0, 0.05) is 33.0 Å². The van der Waals surface area contributed by atoms with Crippen molar-refractivity contribution in [1.29, 1.82) is 0 Å². The summed E-state index contributed by atoms with van der Waals surface area (Å²) in [5.74, 6) is 0. The normalized spacial score (nSPS) is 12.0. The van der Waals surface area contributed by atoms with E-state index in [0.717, 1.165) is 12.0 Å². The van der Waals surface area contributed by atoms with Crippen LogP contribution in [0.25, 0.3) is 0 Å². The number of hydrogen-bond acceptors (Lipinski definition) is 3. The highest BCUT2D eigenvalue weighted by atomic mass is 16.5. The van der Waals surface area contributed by atoms with E-state index in [1.807, 2.05) is 0 Å². The van der Waals surface area contributed by atoms with Crippen LogP contribution in [0.2, 0.25) is 0 Å². The molecular weight excluding hydrogens is 244 g/mol. The second kappa shape index (κ2) is 7.76. The van der Waals surface area contributed by atoms with Crippen molar-refractivity contribution in [3.63, 3.8) is 0 Å². The van der Waals surface area contributed by atoms with E-state index in [4.69, 9.17) is 4.74 Å². The van der Waals surface area contributed by atoms with Crippen LogP contribution in [-0.4, -0.2) is 43.3 Å². The molecule has 5 nitrogen and oxygen atoms in total. The zero-order valence-corrected chi connectivity index (χ0v) is 11.7. The lowest BCUT2D eigenvalue weighted by Crippen LogP contribution is -2.32. The number of ether oxygens (including phenoxy) is 1. The molecule has 0 fully saturated rings. The molecule has 0 heterocycles. The first-order valence-electron chi connectivity index (χ1n) is 6.33. The summed E-state index contributed by atoms with van der Waals surface area (Å²) in [5, 5.41) is 12.2. The summed E-state index contributed by atoms with van der Waals surface area (Å²) in [7, 11) is 3.39. The smallest absolute Gasteiger partial charge is 0.321 e. The Labute approximate surface area is 114 Å². The van der Waals surface area contributed by atoms with Crippen molar-refractivity contribution in [2.75, 3.05) is 32.6 Å². The van der Waals surface area contributed by atoms with Gasteiger partial charge in [0.05, 0.1) is 6.10 Å². The third kappa shape index (κ3) is 5.28. The molecule has 106 valence electrons. The lowest BCUT2D eigenvalue weighted by atomic mass is 10.1. The minimum Gasteiger partial charge on any atom is -0.389 e. The van der Waals surface area contributed by atoms with Crippen LogP contribution < -0.4 is 5.32 Å². The van der Waals surface area contributed by atoms with E-state index in [-0.39, 0.29) is 6.03 Å². The number of carbonyl (C=O) groups is 1. The van der Waals surface area contributed by atoms with Gasteiger partial charge >= 0.3 is 6.03 Å². The first-order chi connectivity index (χ1) is 9.04. The molecule has 2 N–H and O–H groups in total. The van der Waals surface area contributed by atoms with Crippen LogP contribution in [0.5, 0.6) is 0 Å². The van der Waals surface area contributed by atoms with E-state index >= 15 is 0 Å². The molecule has 0 saturated carbocycles. The monoisotopic (exact) mass is 266 g/mol. The fourth-order valence-electron chi connectivity index (χ4n) is 1.61. The fourth-order valence-corrected chi connectivity index (χ4v) is 1.61. The van der Waals surface area contributed by atoms with E-state index < -0.39 is 6.10 Å². The van der Waals surface area contributed by atoms with E-state index in [2.05, 4.69) is 5.32 Å². The van der Waals surface area contributed by atoms with Crippen LogP contribution >= 0.6 is 0 Å². The average molecular weight is 266 g/mol. The van der Waals surface area contributed by atoms with E-state index in [9.17, 15) is 9.90 Å². The SMILES string of the molecule is COCCCN(C)C(=O)Nc1ccc(C(C)O)cc1. The maximum absolute atomic E-state index is 11.9. The van der Waals surface area contributed by atoms with Crippen LogP contribution in [-0.2, 0) is 4.74 Å². The van der Waals surface area contributed by atoms with Crippen LogP contribution in [0, 0.1) is 0 Å². The minimum atomic E-state index is -0.499. The quantitative estimate of drug-likeness (QED) is 0.776. The second-order valence-electron chi connectivity index (χ2n) is 4.50. The van der Waals surface area contributed by atoms with Crippen molar-refractivity contribution in [2.24, 2.45) is 0 Å². The van der Waals surface area contributed by atoms with Gasteiger partial charge in [0.1, 0.15) is 0 Å². The Morgan fingerprint density at radius 1 is 1.42 bits per heavy atom. The second-order valence-corrected chi connectivity index (χ2v) is 4.50. The Balaban J connectivity index is 2.47. The van der Waals surface area contributed by atoms with E-state index in [0.29, 0.717) is 18.8 Å². The minimum absolute atomic E-state index is 0.152. The summed E-state index contributed by atoms with van der Waals surface area (Å²) in [6.07, 6.45) is 0.308. The Bertz CT molecular complexity index is 390. The first kappa shape index (κ1) is 15.5. The number of carbonyl (C=O) groups excluding carboxylic acids is 1. The third-order valence-electron chi connectivity index (χ3n) is 2.83. The summed E-state index contributed by atoms with van der Waals surface area (Å²) in [4.78, 5) is 13.5. The molecule has 0 spiro atoms. The Morgan fingerprint density at radius 2 is 2.05 bits per heavy atom. The summed E-state index contributed by atoms with van der Waals surface area (Å²) >= 11 is 0. The molecule has 0 radical (unpaired) electrons. The maximum atomic E-state index is 11.9. The first-order valence-corrected chi connectivity index (χ1v) is 6.33. The zero-order chi connectivity index (χ0) is 14.3. The highest BCUT2D eigenvalue weighted by Gasteiger charge is 2.08. The number of rotatable bonds is 6. The molecule has 0 aromatic heterocycles. The molecule has 1 unspecified atom stereocenters. The molecule has 1 rings (SSSR count). The van der Waals surface area contributed by atoms with E-state index in [1.54, 1.807) is 50.2 Å². The molecule has 1 atom stereocenters. The van der Waals surface area contributed by atoms with Gasteiger partial charge < -0.3 is 20.1 Å². The van der Waals surface area contributed by atoms with Crippen LogP contribution in [0.1, 0.15) is 25.0 Å². The van der Waals surface area contributed by atoms with Gasteiger partial charge in [0.25, 0.3) is 0 Å². The number of aliphatic hydroxyl groups excluding tert-OH is 1. The summed E-state index contributed by atoms with van der Waals surface area (Å²) in [6, 6.07) is 7.00. The van der Waals surface area contributed by atoms with Gasteiger partial charge in [-0.25, -0.2) is 4.79 Å². The van der Waals surface area contributed by atoms with Crippen molar-refractivity contribution in [2.45, 2.75) is 19.4 Å². The highest BCUT2D eigenvalue weighted by Crippen LogP contribution is 2.15. The van der Waals surface area contributed by atoms with Gasteiger partial charge in [-0.2, -0.15) is 0 Å². The predicted octanol–water partition coefficient (Wildman–Crippen LogP) is 2.24. The Morgan fingerprint density at radius 3 is 2.58 bits per heavy atom. The molecule has 2 amide bonds. The molecule has 5 heteroatoms. The lowest BCUT2D eigenvalue weighted by Gasteiger charge is -2.18. The van der Waals surface area contributed by atoms with Gasteiger partial charge in [0.2, 0.25) is 0 Å². The topological polar surface area (TPSA) is 61.8 Å². The van der Waals surface area contributed by atoms with Crippen molar-refractivity contribution >= 4 is 11.7 Å². The molecular formula is C14H22N2O3. The Hall–Kier alpha value is -1.59. The van der Waals surface area contributed by atoms with Crippen LogP contribution in [0.3, 0.4) is 0 Å². The summed E-state index contributed by atoms with van der Waals surface area (Å²) in [6.45, 7) is 2.99. The number of amides is 2. The number of aliphatic hydroxyl groups is 1. The number of nitrogens with zero attached hydrogens (tertiary/aromatic N) is 1. The number of benzene rings is 1. The molecule has 1 aromatic rings. The number of nitrogens with one attached hydrogen (secondary N) is 1. The molecule has 1 aromatic carbocycles. The van der Waals surface area contributed by atoms with Crippen molar-refractivity contribution < 1.29 is 14.6 Å². The standard InChI is InChI=1S/C14H22N2O3/c1-11(17)12-5-7-13(8-6-12)15-14(18)16(2)9-4-10-19-3/h5-8,11,17H,4,9-10H2,1-3H3,(H,15,18). The van der Waals surface area contributed by atoms with Gasteiger partial charge in [-0.05, 0) is 31.0 Å². The number of anilines is 1. The predicted molar refractivity (Wildman–Crippen MR) is 75.2 cm³/mol. The highest BCUT2D eigenvalue weighted by molar-refractivity contribution is 5.89. The largest absolute Gasteiger partial charge is 0.389 e. The van der Waals surface area contributed by atoms with Crippen molar-refractivity contribution in [3.8, 4) is 0 Å². The van der Waals surface area contributed by atoms with Gasteiger partial charge in [-0.3, -0.25) is 0 Å². The zero-order valence-electron chi connectivity index (χ0n) is 11.7. The number of hydrogen-bond donors (Lipinski definition) is 2. The summed E-state index contributed by atoms with van der Waals surface area (Å²) in [5.41, 5.74) is 1.54. The molecule has 0 aliphatic carbocycles. The maximum Gasteiger partial charge on any atom is 0.321 e. The Kier molecular flexibility index (Phi) is 6.32. The van der Waals surface area contributed by atoms with E-state index in [1.165, 1.54) is 0 Å². The molecule has 0 saturated heterocycles. The lowest BCUT2D eigenvalue weighted by molar-refractivity contribution is 0.179. The third-order valence-corrected chi connectivity index (χ3v) is 2.83. The van der Waals surface area contributed by atoms with Gasteiger partial charge in [-0.15, -0.1) is 0 Å². The van der Waals surface area contributed by atoms with Gasteiger partial charge in [0.15, 0.2) is 0 Å². The molecule has 19 heavy (non-hydrogen) atoms. The van der Waals surface area contributed by atoms with Gasteiger partial charge in [-0.1, -0.05) is 12.1 Å². The van der Waals surface area contributed by atoms with Crippen molar-refractivity contribution in [3.05, 3.63) is 29.8 Å². The summed E-state index contributed by atoms with van der Waals surface area (Å²) < 4.78 is 4.94. The number of methoxy groups -OCH3 is 1.